The summed E-state index contributed by atoms with van der Waals surface area (Å²) in [6.45, 7) is -0.428. The predicted molar refractivity (Wildman–Crippen MR) is 39.8 cm³/mol. The van der Waals surface area contributed by atoms with E-state index in [1.165, 1.54) is 7.11 Å². The lowest BCUT2D eigenvalue weighted by atomic mass is 10.1. The minimum absolute atomic E-state index is 0.223. The molecule has 4 heteroatoms. The van der Waals surface area contributed by atoms with Crippen LogP contribution in [0.3, 0.4) is 0 Å². The first kappa shape index (κ1) is 10.4. The minimum atomic E-state index is -0.428. The van der Waals surface area contributed by atoms with Crippen molar-refractivity contribution >= 4 is 5.97 Å². The lowest BCUT2D eigenvalue weighted by Crippen LogP contribution is -2.21. The molecule has 0 aromatic rings. The van der Waals surface area contributed by atoms with Crippen LogP contribution in [0.25, 0.3) is 0 Å². The van der Waals surface area contributed by atoms with E-state index in [1.54, 1.807) is 0 Å². The molecular formula is C7H14FNO2. The molecule has 0 saturated heterocycles. The van der Waals surface area contributed by atoms with Crippen LogP contribution in [-0.4, -0.2) is 25.8 Å². The Morgan fingerprint density at radius 1 is 1.64 bits per heavy atom. The van der Waals surface area contributed by atoms with E-state index in [9.17, 15) is 9.18 Å². The number of alkyl halides is 1. The number of methoxy groups -OCH3 is 1. The van der Waals surface area contributed by atoms with E-state index in [2.05, 4.69) is 4.74 Å². The molecule has 0 fully saturated rings. The van der Waals surface area contributed by atoms with Gasteiger partial charge in [0.15, 0.2) is 0 Å². The highest BCUT2D eigenvalue weighted by atomic mass is 19.1. The summed E-state index contributed by atoms with van der Waals surface area (Å²) in [6.07, 6.45) is 1.09. The zero-order chi connectivity index (χ0) is 8.69. The molecule has 0 amide bonds. The molecule has 2 N–H and O–H groups in total. The maximum atomic E-state index is 11.7. The highest BCUT2D eigenvalue weighted by molar-refractivity contribution is 5.69. The molecule has 66 valence electrons. The largest absolute Gasteiger partial charge is 0.469 e. The summed E-state index contributed by atoms with van der Waals surface area (Å²) in [5.41, 5.74) is 5.44. The third-order valence-electron chi connectivity index (χ3n) is 1.43. The summed E-state index contributed by atoms with van der Waals surface area (Å²) in [5.74, 6) is -0.292. The molecule has 1 unspecified atom stereocenters. The van der Waals surface area contributed by atoms with Gasteiger partial charge in [-0.05, 0) is 12.8 Å². The summed E-state index contributed by atoms with van der Waals surface area (Å²) >= 11 is 0. The molecule has 0 aliphatic carbocycles. The molecule has 0 aliphatic heterocycles. The summed E-state index contributed by atoms with van der Waals surface area (Å²) in [4.78, 5) is 10.5. The van der Waals surface area contributed by atoms with Gasteiger partial charge in [0.05, 0.1) is 13.8 Å². The van der Waals surface area contributed by atoms with Crippen molar-refractivity contribution in [2.24, 2.45) is 5.73 Å². The van der Waals surface area contributed by atoms with Crippen LogP contribution in [0.15, 0.2) is 0 Å². The second kappa shape index (κ2) is 6.09. The number of nitrogens with two attached hydrogens (primary N) is 1. The number of rotatable bonds is 5. The van der Waals surface area contributed by atoms with Gasteiger partial charge in [-0.1, -0.05) is 0 Å². The number of carbonyl (C=O) groups is 1. The Bertz CT molecular complexity index is 119. The first-order chi connectivity index (χ1) is 5.20. The third-order valence-corrected chi connectivity index (χ3v) is 1.43. The van der Waals surface area contributed by atoms with E-state index < -0.39 is 6.67 Å². The average molecular weight is 163 g/mol. The van der Waals surface area contributed by atoms with Crippen LogP contribution in [0.5, 0.6) is 0 Å². The summed E-state index contributed by atoms with van der Waals surface area (Å²) < 4.78 is 16.0. The number of ether oxygens (including phenoxy) is 1. The SMILES string of the molecule is COC(=O)CCC(N)CCF. The maximum absolute atomic E-state index is 11.7. The molecule has 0 radical (unpaired) electrons. The molecule has 0 heterocycles. The monoisotopic (exact) mass is 163 g/mol. The van der Waals surface area contributed by atoms with Crippen LogP contribution < -0.4 is 5.73 Å². The van der Waals surface area contributed by atoms with Gasteiger partial charge in [-0.2, -0.15) is 0 Å². The van der Waals surface area contributed by atoms with Crippen LogP contribution in [0, 0.1) is 0 Å². The summed E-state index contributed by atoms with van der Waals surface area (Å²) in [5, 5.41) is 0. The van der Waals surface area contributed by atoms with Gasteiger partial charge in [0.2, 0.25) is 0 Å². The van der Waals surface area contributed by atoms with Crippen molar-refractivity contribution in [2.45, 2.75) is 25.3 Å². The molecule has 0 aliphatic rings. The molecule has 0 saturated carbocycles. The van der Waals surface area contributed by atoms with E-state index in [0.717, 1.165) is 0 Å². The number of hydrogen-bond acceptors (Lipinski definition) is 3. The standard InChI is InChI=1S/C7H14FNO2/c1-11-7(10)3-2-6(9)4-5-8/h6H,2-5,9H2,1H3. The van der Waals surface area contributed by atoms with Crippen molar-refractivity contribution in [1.82, 2.24) is 0 Å². The van der Waals surface area contributed by atoms with Crippen molar-refractivity contribution in [1.29, 1.82) is 0 Å². The van der Waals surface area contributed by atoms with Crippen LogP contribution >= 0.6 is 0 Å². The normalized spacial score (nSPS) is 12.6. The smallest absolute Gasteiger partial charge is 0.305 e. The van der Waals surface area contributed by atoms with Crippen LogP contribution in [0.2, 0.25) is 0 Å². The molecule has 3 nitrogen and oxygen atoms in total. The van der Waals surface area contributed by atoms with Gasteiger partial charge in [-0.15, -0.1) is 0 Å². The second-order valence-electron chi connectivity index (χ2n) is 2.35. The topological polar surface area (TPSA) is 52.3 Å². The van der Waals surface area contributed by atoms with Crippen molar-refractivity contribution in [3.05, 3.63) is 0 Å². The third kappa shape index (κ3) is 5.79. The number of esters is 1. The summed E-state index contributed by atoms with van der Waals surface area (Å²) in [6, 6.07) is -0.223. The maximum Gasteiger partial charge on any atom is 0.305 e. The predicted octanol–water partition coefficient (Wildman–Crippen LogP) is 0.626. The van der Waals surface area contributed by atoms with Gasteiger partial charge < -0.3 is 10.5 Å². The van der Waals surface area contributed by atoms with Crippen molar-refractivity contribution in [2.75, 3.05) is 13.8 Å². The fourth-order valence-electron chi connectivity index (χ4n) is 0.690. The Morgan fingerprint density at radius 2 is 2.27 bits per heavy atom. The zero-order valence-electron chi connectivity index (χ0n) is 6.68. The Kier molecular flexibility index (Phi) is 5.74. The Hall–Kier alpha value is -0.640. The van der Waals surface area contributed by atoms with E-state index >= 15 is 0 Å². The first-order valence-corrected chi connectivity index (χ1v) is 3.59. The quantitative estimate of drug-likeness (QED) is 0.605. The Balaban J connectivity index is 3.29. The molecular weight excluding hydrogens is 149 g/mol. The second-order valence-corrected chi connectivity index (χ2v) is 2.35. The van der Waals surface area contributed by atoms with Crippen molar-refractivity contribution in [3.8, 4) is 0 Å². The fraction of sp³-hybridized carbons (Fsp3) is 0.857. The van der Waals surface area contributed by atoms with E-state index in [-0.39, 0.29) is 18.4 Å². The van der Waals surface area contributed by atoms with Crippen molar-refractivity contribution in [3.63, 3.8) is 0 Å². The van der Waals surface area contributed by atoms with Gasteiger partial charge in [0, 0.05) is 12.5 Å². The highest BCUT2D eigenvalue weighted by Crippen LogP contribution is 2.00. The molecule has 0 rings (SSSR count). The lowest BCUT2D eigenvalue weighted by Gasteiger charge is -2.06. The van der Waals surface area contributed by atoms with Gasteiger partial charge in [-0.25, -0.2) is 0 Å². The summed E-state index contributed by atoms with van der Waals surface area (Å²) in [7, 11) is 1.32. The molecule has 11 heavy (non-hydrogen) atoms. The molecule has 0 aromatic carbocycles. The Labute approximate surface area is 65.7 Å². The van der Waals surface area contributed by atoms with E-state index in [0.29, 0.717) is 12.8 Å². The molecule has 0 spiro atoms. The number of hydrogen-bond donors (Lipinski definition) is 1. The van der Waals surface area contributed by atoms with Gasteiger partial charge in [0.25, 0.3) is 0 Å². The number of carbonyl (C=O) groups excluding carboxylic acids is 1. The first-order valence-electron chi connectivity index (χ1n) is 3.59. The van der Waals surface area contributed by atoms with Crippen LogP contribution in [0.4, 0.5) is 4.39 Å². The lowest BCUT2D eigenvalue weighted by molar-refractivity contribution is -0.140. The number of halogens is 1. The minimum Gasteiger partial charge on any atom is -0.469 e. The van der Waals surface area contributed by atoms with Crippen molar-refractivity contribution < 1.29 is 13.9 Å². The van der Waals surface area contributed by atoms with E-state index in [1.807, 2.05) is 0 Å². The van der Waals surface area contributed by atoms with Gasteiger partial charge in [0.1, 0.15) is 0 Å². The zero-order valence-corrected chi connectivity index (χ0v) is 6.68. The molecule has 0 bridgehead atoms. The molecule has 0 aromatic heterocycles. The van der Waals surface area contributed by atoms with Crippen LogP contribution in [0.1, 0.15) is 19.3 Å². The van der Waals surface area contributed by atoms with Gasteiger partial charge >= 0.3 is 5.97 Å². The van der Waals surface area contributed by atoms with Gasteiger partial charge in [-0.3, -0.25) is 9.18 Å². The molecule has 1 atom stereocenters. The average Bonchev–Trinajstić information content (AvgIpc) is 2.01. The highest BCUT2D eigenvalue weighted by Gasteiger charge is 2.05. The Morgan fingerprint density at radius 3 is 2.73 bits per heavy atom. The van der Waals surface area contributed by atoms with E-state index in [4.69, 9.17) is 5.73 Å². The fourth-order valence-corrected chi connectivity index (χ4v) is 0.690. The van der Waals surface area contributed by atoms with Crippen LogP contribution in [-0.2, 0) is 9.53 Å².